The molecule has 3 N–H and O–H groups in total. The number of anilines is 2. The van der Waals surface area contributed by atoms with E-state index < -0.39 is 0 Å². The van der Waals surface area contributed by atoms with E-state index in [1.165, 1.54) is 17.6 Å². The lowest BCUT2D eigenvalue weighted by atomic mass is 9.96. The summed E-state index contributed by atoms with van der Waals surface area (Å²) in [6, 6.07) is 10.3. The number of carbonyl (C=O) groups excluding carboxylic acids is 3. The number of aromatic nitrogens is 2. The van der Waals surface area contributed by atoms with Crippen molar-refractivity contribution in [2.75, 3.05) is 23.7 Å². The van der Waals surface area contributed by atoms with Gasteiger partial charge in [0.25, 0.3) is 5.91 Å². The van der Waals surface area contributed by atoms with Gasteiger partial charge in [-0.05, 0) is 42.7 Å². The number of nitrogens with one attached hydrogen (secondary N) is 3. The Balaban J connectivity index is 1.19. The van der Waals surface area contributed by atoms with Crippen molar-refractivity contribution >= 4 is 40.0 Å². The Bertz CT molecular complexity index is 1040. The van der Waals surface area contributed by atoms with Crippen LogP contribution in [0.4, 0.5) is 15.6 Å². The number of nitrogens with zero attached hydrogens (tertiary/aromatic N) is 3. The Labute approximate surface area is 188 Å². The van der Waals surface area contributed by atoms with Gasteiger partial charge in [0, 0.05) is 31.2 Å². The predicted octanol–water partition coefficient (Wildman–Crippen LogP) is 2.94. The average molecular weight is 455 g/mol. The van der Waals surface area contributed by atoms with Gasteiger partial charge in [-0.1, -0.05) is 23.5 Å². The largest absolute Gasteiger partial charge is 0.459 e. The minimum absolute atomic E-state index is 0.0824. The van der Waals surface area contributed by atoms with E-state index in [-0.39, 0.29) is 29.5 Å². The number of piperidine rings is 1. The second-order valence-corrected chi connectivity index (χ2v) is 8.11. The van der Waals surface area contributed by atoms with E-state index in [9.17, 15) is 14.4 Å². The van der Waals surface area contributed by atoms with Crippen molar-refractivity contribution in [1.29, 1.82) is 0 Å². The number of hydrogen-bond donors (Lipinski definition) is 3. The number of hydrogen-bond acceptors (Lipinski definition) is 7. The fraction of sp³-hybridized carbons (Fsp3) is 0.286. The van der Waals surface area contributed by atoms with Gasteiger partial charge in [0.15, 0.2) is 5.76 Å². The smallest absolute Gasteiger partial charge is 0.317 e. The Morgan fingerprint density at radius 2 is 1.88 bits per heavy atom. The van der Waals surface area contributed by atoms with Crippen molar-refractivity contribution in [2.45, 2.75) is 19.4 Å². The fourth-order valence-electron chi connectivity index (χ4n) is 3.38. The number of rotatable bonds is 6. The van der Waals surface area contributed by atoms with Crippen LogP contribution in [0, 0.1) is 5.92 Å². The Morgan fingerprint density at radius 3 is 2.53 bits per heavy atom. The summed E-state index contributed by atoms with van der Waals surface area (Å²) in [4.78, 5) is 38.5. The lowest BCUT2D eigenvalue weighted by Crippen LogP contribution is -2.45. The molecule has 0 radical (unpaired) electrons. The first-order valence-corrected chi connectivity index (χ1v) is 11.0. The molecule has 4 amide bonds. The van der Waals surface area contributed by atoms with Gasteiger partial charge in [-0.25, -0.2) is 4.79 Å². The Morgan fingerprint density at radius 1 is 1.09 bits per heavy atom. The molecule has 0 unspecified atom stereocenters. The fourth-order valence-corrected chi connectivity index (χ4v) is 3.82. The van der Waals surface area contributed by atoms with Crippen molar-refractivity contribution in [2.24, 2.45) is 5.92 Å². The van der Waals surface area contributed by atoms with Gasteiger partial charge in [-0.15, -0.1) is 10.2 Å². The first-order valence-electron chi connectivity index (χ1n) is 10.1. The lowest BCUT2D eigenvalue weighted by molar-refractivity contribution is -0.121. The summed E-state index contributed by atoms with van der Waals surface area (Å²) in [7, 11) is 0. The zero-order valence-corrected chi connectivity index (χ0v) is 17.9. The van der Waals surface area contributed by atoms with Crippen LogP contribution in [0.15, 0.2) is 52.6 Å². The molecule has 4 rings (SSSR count). The monoisotopic (exact) mass is 454 g/mol. The molecular weight excluding hydrogens is 432 g/mol. The van der Waals surface area contributed by atoms with E-state index >= 15 is 0 Å². The molecule has 0 atom stereocenters. The molecule has 11 heteroatoms. The minimum atomic E-state index is -0.323. The van der Waals surface area contributed by atoms with Crippen molar-refractivity contribution in [3.8, 4) is 0 Å². The van der Waals surface area contributed by atoms with Crippen LogP contribution in [0.25, 0.3) is 0 Å². The van der Waals surface area contributed by atoms with E-state index in [4.69, 9.17) is 4.42 Å². The molecular formula is C21H22N6O4S. The highest BCUT2D eigenvalue weighted by Gasteiger charge is 2.27. The summed E-state index contributed by atoms with van der Waals surface area (Å²) in [5.74, 6) is -0.313. The number of likely N-dealkylation sites (tertiary alicyclic amines) is 1. The van der Waals surface area contributed by atoms with Crippen LogP contribution in [-0.2, 0) is 11.3 Å². The van der Waals surface area contributed by atoms with E-state index in [0.717, 1.165) is 5.56 Å². The van der Waals surface area contributed by atoms with Crippen molar-refractivity contribution in [3.05, 3.63) is 59.5 Å². The molecule has 0 spiro atoms. The normalized spacial score (nSPS) is 14.1. The van der Waals surface area contributed by atoms with E-state index in [0.29, 0.717) is 43.3 Å². The highest BCUT2D eigenvalue weighted by atomic mass is 32.1. The topological polar surface area (TPSA) is 129 Å². The molecule has 3 heterocycles. The van der Waals surface area contributed by atoms with Gasteiger partial charge in [-0.3, -0.25) is 9.59 Å². The molecule has 1 aliphatic rings. The number of urea groups is 1. The molecule has 3 aromatic rings. The standard InChI is InChI=1S/C21H22N6O4S/c28-18(25-20-26-23-13-32-20)15-7-9-27(10-8-15)21(30)22-12-14-3-5-16(6-4-14)24-19(29)17-2-1-11-31-17/h1-6,11,13,15H,7-10,12H2,(H,22,30)(H,24,29)(H,25,26,28). The molecule has 0 saturated carbocycles. The lowest BCUT2D eigenvalue weighted by Gasteiger charge is -2.31. The van der Waals surface area contributed by atoms with Crippen LogP contribution in [0.5, 0.6) is 0 Å². The summed E-state index contributed by atoms with van der Waals surface area (Å²) in [5, 5.41) is 16.4. The van der Waals surface area contributed by atoms with Crippen molar-refractivity contribution in [1.82, 2.24) is 20.4 Å². The number of amides is 4. The van der Waals surface area contributed by atoms with Crippen LogP contribution >= 0.6 is 11.3 Å². The Hall–Kier alpha value is -3.73. The number of carbonyl (C=O) groups is 3. The minimum Gasteiger partial charge on any atom is -0.459 e. The predicted molar refractivity (Wildman–Crippen MR) is 118 cm³/mol. The van der Waals surface area contributed by atoms with Crippen molar-refractivity contribution in [3.63, 3.8) is 0 Å². The maximum atomic E-state index is 12.5. The molecule has 1 saturated heterocycles. The molecule has 166 valence electrons. The first kappa shape index (κ1) is 21.5. The average Bonchev–Trinajstić information content (AvgIpc) is 3.53. The molecule has 10 nitrogen and oxygen atoms in total. The summed E-state index contributed by atoms with van der Waals surface area (Å²) < 4.78 is 5.07. The van der Waals surface area contributed by atoms with Crippen LogP contribution < -0.4 is 16.0 Å². The van der Waals surface area contributed by atoms with Crippen LogP contribution in [0.3, 0.4) is 0 Å². The van der Waals surface area contributed by atoms with Crippen LogP contribution in [0.2, 0.25) is 0 Å². The molecule has 0 aliphatic carbocycles. The van der Waals surface area contributed by atoms with Crippen LogP contribution in [-0.4, -0.2) is 46.0 Å². The first-order chi connectivity index (χ1) is 15.6. The Kier molecular flexibility index (Phi) is 6.75. The maximum Gasteiger partial charge on any atom is 0.317 e. The second kappa shape index (κ2) is 10.1. The molecule has 2 aromatic heterocycles. The van der Waals surface area contributed by atoms with Crippen molar-refractivity contribution < 1.29 is 18.8 Å². The summed E-state index contributed by atoms with van der Waals surface area (Å²) in [5.41, 5.74) is 3.10. The highest BCUT2D eigenvalue weighted by Crippen LogP contribution is 2.20. The molecule has 32 heavy (non-hydrogen) atoms. The van der Waals surface area contributed by atoms with Gasteiger partial charge in [0.05, 0.1) is 6.26 Å². The van der Waals surface area contributed by atoms with Gasteiger partial charge < -0.3 is 25.3 Å². The number of furan rings is 1. The molecule has 1 aliphatic heterocycles. The maximum absolute atomic E-state index is 12.5. The molecule has 0 bridgehead atoms. The SMILES string of the molecule is O=C(Nc1ccc(CNC(=O)N2CCC(C(=O)Nc3nncs3)CC2)cc1)c1ccco1. The molecule has 1 aromatic carbocycles. The zero-order valence-electron chi connectivity index (χ0n) is 17.1. The molecule has 1 fully saturated rings. The van der Waals surface area contributed by atoms with Gasteiger partial charge in [0.2, 0.25) is 11.0 Å². The van der Waals surface area contributed by atoms with Gasteiger partial charge >= 0.3 is 6.03 Å². The van der Waals surface area contributed by atoms with Crippen LogP contribution in [0.1, 0.15) is 29.0 Å². The summed E-state index contributed by atoms with van der Waals surface area (Å²) >= 11 is 1.27. The third-order valence-corrected chi connectivity index (χ3v) is 5.75. The van der Waals surface area contributed by atoms with E-state index in [1.54, 1.807) is 34.7 Å². The quantitative estimate of drug-likeness (QED) is 0.525. The second-order valence-electron chi connectivity index (χ2n) is 7.28. The third-order valence-electron chi connectivity index (χ3n) is 5.14. The number of benzene rings is 1. The zero-order chi connectivity index (χ0) is 22.3. The third kappa shape index (κ3) is 5.49. The van der Waals surface area contributed by atoms with Gasteiger partial charge in [-0.2, -0.15) is 0 Å². The van der Waals surface area contributed by atoms with E-state index in [2.05, 4.69) is 26.1 Å². The summed E-state index contributed by atoms with van der Waals surface area (Å²) in [6.45, 7) is 1.39. The van der Waals surface area contributed by atoms with Gasteiger partial charge in [0.1, 0.15) is 5.51 Å². The van der Waals surface area contributed by atoms with E-state index in [1.807, 2.05) is 12.1 Å². The summed E-state index contributed by atoms with van der Waals surface area (Å²) in [6.07, 6.45) is 2.64. The highest BCUT2D eigenvalue weighted by molar-refractivity contribution is 7.13.